The van der Waals surface area contributed by atoms with Gasteiger partial charge in [0.15, 0.2) is 0 Å². The molecule has 0 unspecified atom stereocenters. The topological polar surface area (TPSA) is 60.2 Å². The van der Waals surface area contributed by atoms with Crippen molar-refractivity contribution < 1.29 is 4.74 Å². The van der Waals surface area contributed by atoms with E-state index in [2.05, 4.69) is 10.3 Å². The van der Waals surface area contributed by atoms with Crippen molar-refractivity contribution in [3.8, 4) is 5.88 Å². The second-order valence-corrected chi connectivity index (χ2v) is 3.65. The summed E-state index contributed by atoms with van der Waals surface area (Å²) in [5.41, 5.74) is 8.59. The fraction of sp³-hybridized carbons (Fsp3) is 0.154. The van der Waals surface area contributed by atoms with Crippen LogP contribution in [0.4, 0.5) is 11.4 Å². The van der Waals surface area contributed by atoms with Gasteiger partial charge in [-0.25, -0.2) is 4.98 Å². The molecule has 0 saturated carbocycles. The summed E-state index contributed by atoms with van der Waals surface area (Å²) in [4.78, 5) is 4.14. The van der Waals surface area contributed by atoms with Crippen molar-refractivity contribution in [2.45, 2.75) is 6.54 Å². The van der Waals surface area contributed by atoms with Gasteiger partial charge in [-0.15, -0.1) is 0 Å². The highest BCUT2D eigenvalue weighted by Crippen LogP contribution is 2.17. The van der Waals surface area contributed by atoms with Crippen LogP contribution in [0, 0.1) is 0 Å². The number of hydrogen-bond donors (Lipinski definition) is 2. The van der Waals surface area contributed by atoms with E-state index in [0.717, 1.165) is 16.9 Å². The van der Waals surface area contributed by atoms with Crippen LogP contribution in [0.2, 0.25) is 0 Å². The average molecular weight is 229 g/mol. The van der Waals surface area contributed by atoms with Gasteiger partial charge in [0.1, 0.15) is 0 Å². The second kappa shape index (κ2) is 5.21. The molecule has 0 aliphatic heterocycles. The lowest BCUT2D eigenvalue weighted by Crippen LogP contribution is -2.02. The standard InChI is InChI=1S/C13H15N3O/c1-17-13-7-6-10(9-16-13)8-15-12-5-3-2-4-11(12)14/h2-7,9,15H,8,14H2,1H3. The molecule has 0 atom stereocenters. The smallest absolute Gasteiger partial charge is 0.212 e. The van der Waals surface area contributed by atoms with Crippen LogP contribution in [0.15, 0.2) is 42.6 Å². The number of pyridine rings is 1. The lowest BCUT2D eigenvalue weighted by Gasteiger charge is -2.09. The molecule has 17 heavy (non-hydrogen) atoms. The molecular weight excluding hydrogens is 214 g/mol. The van der Waals surface area contributed by atoms with E-state index in [1.54, 1.807) is 13.3 Å². The molecule has 1 heterocycles. The zero-order chi connectivity index (χ0) is 12.1. The van der Waals surface area contributed by atoms with Crippen molar-refractivity contribution >= 4 is 11.4 Å². The maximum Gasteiger partial charge on any atom is 0.212 e. The van der Waals surface area contributed by atoms with E-state index in [0.29, 0.717) is 12.4 Å². The third-order valence-corrected chi connectivity index (χ3v) is 2.45. The van der Waals surface area contributed by atoms with E-state index in [1.165, 1.54) is 0 Å². The van der Waals surface area contributed by atoms with Crippen molar-refractivity contribution in [2.75, 3.05) is 18.2 Å². The quantitative estimate of drug-likeness (QED) is 0.790. The van der Waals surface area contributed by atoms with E-state index in [4.69, 9.17) is 10.5 Å². The van der Waals surface area contributed by atoms with Gasteiger partial charge >= 0.3 is 0 Å². The van der Waals surface area contributed by atoms with Gasteiger partial charge in [0, 0.05) is 18.8 Å². The van der Waals surface area contributed by atoms with Gasteiger partial charge in [-0.3, -0.25) is 0 Å². The Morgan fingerprint density at radius 2 is 2.06 bits per heavy atom. The first kappa shape index (κ1) is 11.3. The van der Waals surface area contributed by atoms with Crippen molar-refractivity contribution in [3.63, 3.8) is 0 Å². The maximum atomic E-state index is 5.83. The summed E-state index contributed by atoms with van der Waals surface area (Å²) in [5.74, 6) is 0.618. The molecular formula is C13H15N3O. The first-order valence-electron chi connectivity index (χ1n) is 5.37. The third kappa shape index (κ3) is 2.87. The van der Waals surface area contributed by atoms with Gasteiger partial charge in [-0.2, -0.15) is 0 Å². The third-order valence-electron chi connectivity index (χ3n) is 2.45. The number of anilines is 2. The molecule has 0 saturated heterocycles. The number of nitrogen functional groups attached to an aromatic ring is 1. The summed E-state index contributed by atoms with van der Waals surface area (Å²) in [6.45, 7) is 0.686. The van der Waals surface area contributed by atoms with Gasteiger partial charge < -0.3 is 15.8 Å². The first-order chi connectivity index (χ1) is 8.29. The summed E-state index contributed by atoms with van der Waals surface area (Å²) >= 11 is 0. The minimum Gasteiger partial charge on any atom is -0.481 e. The normalized spacial score (nSPS) is 9.94. The summed E-state index contributed by atoms with van der Waals surface area (Å²) in [7, 11) is 1.60. The largest absolute Gasteiger partial charge is 0.481 e. The van der Waals surface area contributed by atoms with Crippen molar-refractivity contribution in [1.82, 2.24) is 4.98 Å². The Morgan fingerprint density at radius 1 is 1.24 bits per heavy atom. The molecule has 1 aromatic heterocycles. The van der Waals surface area contributed by atoms with Crippen LogP contribution in [-0.2, 0) is 6.54 Å². The fourth-order valence-electron chi connectivity index (χ4n) is 1.49. The van der Waals surface area contributed by atoms with E-state index >= 15 is 0 Å². The van der Waals surface area contributed by atoms with E-state index < -0.39 is 0 Å². The summed E-state index contributed by atoms with van der Waals surface area (Å²) in [5, 5.41) is 3.26. The van der Waals surface area contributed by atoms with Crippen LogP contribution in [0.1, 0.15) is 5.56 Å². The summed E-state index contributed by atoms with van der Waals surface area (Å²) in [6.07, 6.45) is 1.78. The van der Waals surface area contributed by atoms with Gasteiger partial charge in [-0.1, -0.05) is 18.2 Å². The lowest BCUT2D eigenvalue weighted by atomic mass is 10.2. The molecule has 4 nitrogen and oxygen atoms in total. The molecule has 2 aromatic rings. The van der Waals surface area contributed by atoms with Crippen molar-refractivity contribution in [1.29, 1.82) is 0 Å². The monoisotopic (exact) mass is 229 g/mol. The Labute approximate surface area is 100 Å². The number of methoxy groups -OCH3 is 1. The molecule has 0 amide bonds. The predicted molar refractivity (Wildman–Crippen MR) is 69.0 cm³/mol. The highest BCUT2D eigenvalue weighted by Gasteiger charge is 1.98. The number of nitrogens with one attached hydrogen (secondary N) is 1. The maximum absolute atomic E-state index is 5.83. The molecule has 4 heteroatoms. The minimum atomic E-state index is 0.618. The number of para-hydroxylation sites is 2. The number of aromatic nitrogens is 1. The molecule has 0 aliphatic carbocycles. The Bertz CT molecular complexity index is 482. The molecule has 2 rings (SSSR count). The number of ether oxygens (including phenoxy) is 1. The number of benzene rings is 1. The molecule has 3 N–H and O–H groups in total. The first-order valence-corrected chi connectivity index (χ1v) is 5.37. The van der Waals surface area contributed by atoms with Crippen LogP contribution in [0.25, 0.3) is 0 Å². The van der Waals surface area contributed by atoms with Crippen molar-refractivity contribution in [3.05, 3.63) is 48.2 Å². The number of hydrogen-bond acceptors (Lipinski definition) is 4. The summed E-state index contributed by atoms with van der Waals surface area (Å²) < 4.78 is 5.00. The highest BCUT2D eigenvalue weighted by molar-refractivity contribution is 5.65. The van der Waals surface area contributed by atoms with Gasteiger partial charge in [0.25, 0.3) is 0 Å². The molecule has 0 radical (unpaired) electrons. The molecule has 0 fully saturated rings. The van der Waals surface area contributed by atoms with Gasteiger partial charge in [0.2, 0.25) is 5.88 Å². The van der Waals surface area contributed by atoms with Crippen LogP contribution >= 0.6 is 0 Å². The van der Waals surface area contributed by atoms with Gasteiger partial charge in [0.05, 0.1) is 18.5 Å². The zero-order valence-electron chi connectivity index (χ0n) is 9.68. The molecule has 0 aliphatic rings. The Kier molecular flexibility index (Phi) is 3.45. The number of nitrogens with zero attached hydrogens (tertiary/aromatic N) is 1. The van der Waals surface area contributed by atoms with Crippen LogP contribution < -0.4 is 15.8 Å². The Hall–Kier alpha value is -2.23. The minimum absolute atomic E-state index is 0.618. The highest BCUT2D eigenvalue weighted by atomic mass is 16.5. The SMILES string of the molecule is COc1ccc(CNc2ccccc2N)cn1. The fourth-order valence-corrected chi connectivity index (χ4v) is 1.49. The average Bonchev–Trinajstić information content (AvgIpc) is 2.38. The number of nitrogens with two attached hydrogens (primary N) is 1. The van der Waals surface area contributed by atoms with E-state index in [1.807, 2.05) is 36.4 Å². The Morgan fingerprint density at radius 3 is 2.71 bits per heavy atom. The van der Waals surface area contributed by atoms with Gasteiger partial charge in [-0.05, 0) is 17.7 Å². The molecule has 88 valence electrons. The Balaban J connectivity index is 2.00. The molecule has 0 bridgehead atoms. The number of rotatable bonds is 4. The molecule has 1 aromatic carbocycles. The van der Waals surface area contributed by atoms with Crippen LogP contribution in [0.5, 0.6) is 5.88 Å². The van der Waals surface area contributed by atoms with E-state index in [-0.39, 0.29) is 0 Å². The van der Waals surface area contributed by atoms with Crippen LogP contribution in [-0.4, -0.2) is 12.1 Å². The van der Waals surface area contributed by atoms with E-state index in [9.17, 15) is 0 Å². The summed E-state index contributed by atoms with van der Waals surface area (Å²) in [6, 6.07) is 11.5. The molecule has 0 spiro atoms. The van der Waals surface area contributed by atoms with Crippen LogP contribution in [0.3, 0.4) is 0 Å². The van der Waals surface area contributed by atoms with Crippen molar-refractivity contribution in [2.24, 2.45) is 0 Å². The lowest BCUT2D eigenvalue weighted by molar-refractivity contribution is 0.397. The zero-order valence-corrected chi connectivity index (χ0v) is 9.68. The second-order valence-electron chi connectivity index (χ2n) is 3.65. The predicted octanol–water partition coefficient (Wildman–Crippen LogP) is 2.28.